The first-order valence-electron chi connectivity index (χ1n) is 10.2. The van der Waals surface area contributed by atoms with Crippen LogP contribution in [0.1, 0.15) is 24.8 Å². The zero-order chi connectivity index (χ0) is 21.1. The average Bonchev–Trinajstić information content (AvgIpc) is 2.77. The Morgan fingerprint density at radius 1 is 0.933 bits per heavy atom. The van der Waals surface area contributed by atoms with E-state index in [0.717, 1.165) is 24.8 Å². The highest BCUT2D eigenvalue weighted by Gasteiger charge is 2.28. The molecule has 2 aliphatic heterocycles. The Kier molecular flexibility index (Phi) is 6.26. The lowest BCUT2D eigenvalue weighted by Crippen LogP contribution is -2.50. The van der Waals surface area contributed by atoms with Gasteiger partial charge in [-0.3, -0.25) is 4.79 Å². The molecule has 7 nitrogen and oxygen atoms in total. The number of carbonyl (C=O) groups excluding carboxylic acids is 1. The predicted octanol–water partition coefficient (Wildman–Crippen LogP) is 2.76. The number of pyridine rings is 1. The molecule has 160 valence electrons. The van der Waals surface area contributed by atoms with Crippen molar-refractivity contribution in [3.63, 3.8) is 0 Å². The standard InChI is InChI=1S/C21H25ClN4O3S/c22-18-6-4-17(5-7-18)15-25-13-12-24(16-21(25)27)20-9-8-19(14-23-20)30(28,29)26-10-2-1-3-11-26/h4-9,14H,1-3,10-13,15-16H2. The van der Waals surface area contributed by atoms with E-state index in [4.69, 9.17) is 11.6 Å². The third-order valence-electron chi connectivity index (χ3n) is 5.60. The molecule has 2 aromatic rings. The molecule has 0 unspecified atom stereocenters. The van der Waals surface area contributed by atoms with Crippen LogP contribution >= 0.6 is 11.6 Å². The Morgan fingerprint density at radius 3 is 2.30 bits per heavy atom. The van der Waals surface area contributed by atoms with Gasteiger partial charge in [-0.1, -0.05) is 30.2 Å². The summed E-state index contributed by atoms with van der Waals surface area (Å²) in [4.78, 5) is 20.9. The van der Waals surface area contributed by atoms with Crippen molar-refractivity contribution in [1.82, 2.24) is 14.2 Å². The van der Waals surface area contributed by atoms with Crippen LogP contribution in [0.25, 0.3) is 0 Å². The van der Waals surface area contributed by atoms with E-state index in [1.165, 1.54) is 10.5 Å². The lowest BCUT2D eigenvalue weighted by atomic mass is 10.2. The number of hydrogen-bond donors (Lipinski definition) is 0. The number of rotatable bonds is 5. The number of piperidine rings is 1. The SMILES string of the molecule is O=C1CN(c2ccc(S(=O)(=O)N3CCCCC3)cn2)CCN1Cc1ccc(Cl)cc1. The van der Waals surface area contributed by atoms with Crippen LogP contribution in [0.2, 0.25) is 5.02 Å². The molecule has 0 bridgehead atoms. The van der Waals surface area contributed by atoms with Gasteiger partial charge in [-0.05, 0) is 42.7 Å². The summed E-state index contributed by atoms with van der Waals surface area (Å²) in [6.45, 7) is 3.12. The van der Waals surface area contributed by atoms with E-state index in [0.29, 0.717) is 43.6 Å². The van der Waals surface area contributed by atoms with Gasteiger partial charge in [0.2, 0.25) is 15.9 Å². The number of hydrogen-bond acceptors (Lipinski definition) is 5. The normalized spacial score (nSPS) is 18.6. The number of halogens is 1. The number of benzene rings is 1. The first kappa shape index (κ1) is 21.1. The molecular weight excluding hydrogens is 424 g/mol. The van der Waals surface area contributed by atoms with Crippen LogP contribution in [0.4, 0.5) is 5.82 Å². The van der Waals surface area contributed by atoms with Gasteiger partial charge in [0.15, 0.2) is 0 Å². The fourth-order valence-electron chi connectivity index (χ4n) is 3.85. The summed E-state index contributed by atoms with van der Waals surface area (Å²) in [5.41, 5.74) is 1.03. The number of nitrogens with zero attached hydrogens (tertiary/aromatic N) is 4. The summed E-state index contributed by atoms with van der Waals surface area (Å²) in [5.74, 6) is 0.634. The van der Waals surface area contributed by atoms with Gasteiger partial charge < -0.3 is 9.80 Å². The molecule has 0 radical (unpaired) electrons. The topological polar surface area (TPSA) is 73.8 Å². The van der Waals surface area contributed by atoms with Gasteiger partial charge in [0.1, 0.15) is 10.7 Å². The summed E-state index contributed by atoms with van der Waals surface area (Å²) in [7, 11) is -3.50. The van der Waals surface area contributed by atoms with Crippen molar-refractivity contribution in [3.05, 3.63) is 53.2 Å². The molecule has 9 heteroatoms. The van der Waals surface area contributed by atoms with Gasteiger partial charge in [0, 0.05) is 43.9 Å². The molecular formula is C21H25ClN4O3S. The smallest absolute Gasteiger partial charge is 0.244 e. The Balaban J connectivity index is 1.39. The second kappa shape index (κ2) is 8.91. The molecule has 0 atom stereocenters. The van der Waals surface area contributed by atoms with Crippen LogP contribution in [0, 0.1) is 0 Å². The molecule has 1 amide bonds. The number of anilines is 1. The van der Waals surface area contributed by atoms with Crippen LogP contribution in [0.3, 0.4) is 0 Å². The zero-order valence-electron chi connectivity index (χ0n) is 16.7. The van der Waals surface area contributed by atoms with Crippen molar-refractivity contribution in [1.29, 1.82) is 0 Å². The van der Waals surface area contributed by atoms with E-state index in [2.05, 4.69) is 4.98 Å². The van der Waals surface area contributed by atoms with Gasteiger partial charge in [-0.15, -0.1) is 0 Å². The lowest BCUT2D eigenvalue weighted by molar-refractivity contribution is -0.131. The molecule has 1 aromatic carbocycles. The van der Waals surface area contributed by atoms with Gasteiger partial charge >= 0.3 is 0 Å². The van der Waals surface area contributed by atoms with Gasteiger partial charge in [0.05, 0.1) is 6.54 Å². The minimum Gasteiger partial charge on any atom is -0.346 e. The predicted molar refractivity (Wildman–Crippen MR) is 116 cm³/mol. The second-order valence-corrected chi connectivity index (χ2v) is 10.1. The average molecular weight is 449 g/mol. The second-order valence-electron chi connectivity index (χ2n) is 7.68. The van der Waals surface area contributed by atoms with Crippen molar-refractivity contribution < 1.29 is 13.2 Å². The molecule has 0 N–H and O–H groups in total. The van der Waals surface area contributed by atoms with Gasteiger partial charge in [-0.2, -0.15) is 4.31 Å². The van der Waals surface area contributed by atoms with E-state index in [1.54, 1.807) is 12.1 Å². The third kappa shape index (κ3) is 4.61. The number of piperazine rings is 1. The Hall–Kier alpha value is -2.16. The van der Waals surface area contributed by atoms with E-state index < -0.39 is 10.0 Å². The Bertz CT molecular complexity index is 990. The van der Waals surface area contributed by atoms with Crippen molar-refractivity contribution >= 4 is 33.3 Å². The van der Waals surface area contributed by atoms with E-state index >= 15 is 0 Å². The molecule has 0 aliphatic carbocycles. The molecule has 0 saturated carbocycles. The van der Waals surface area contributed by atoms with Crippen LogP contribution in [-0.4, -0.2) is 61.2 Å². The van der Waals surface area contributed by atoms with Crippen molar-refractivity contribution in [3.8, 4) is 0 Å². The molecule has 2 aliphatic rings. The first-order valence-corrected chi connectivity index (χ1v) is 12.0. The fraction of sp³-hybridized carbons (Fsp3) is 0.429. The van der Waals surface area contributed by atoms with Crippen LogP contribution in [-0.2, 0) is 21.4 Å². The first-order chi connectivity index (χ1) is 14.4. The van der Waals surface area contributed by atoms with Crippen LogP contribution < -0.4 is 4.90 Å². The summed E-state index contributed by atoms with van der Waals surface area (Å²) in [6, 6.07) is 10.8. The van der Waals surface area contributed by atoms with Crippen molar-refractivity contribution in [2.75, 3.05) is 37.6 Å². The highest BCUT2D eigenvalue weighted by atomic mass is 35.5. The maximum Gasteiger partial charge on any atom is 0.244 e. The summed E-state index contributed by atoms with van der Waals surface area (Å²) in [5, 5.41) is 0.673. The molecule has 4 rings (SSSR count). The minimum absolute atomic E-state index is 0.0167. The minimum atomic E-state index is -3.50. The van der Waals surface area contributed by atoms with E-state index in [1.807, 2.05) is 34.1 Å². The molecule has 2 fully saturated rings. The fourth-order valence-corrected chi connectivity index (χ4v) is 5.44. The third-order valence-corrected chi connectivity index (χ3v) is 7.74. The van der Waals surface area contributed by atoms with Crippen LogP contribution in [0.15, 0.2) is 47.5 Å². The van der Waals surface area contributed by atoms with Gasteiger partial charge in [0.25, 0.3) is 0 Å². The number of amides is 1. The van der Waals surface area contributed by atoms with Crippen molar-refractivity contribution in [2.24, 2.45) is 0 Å². The van der Waals surface area contributed by atoms with E-state index in [-0.39, 0.29) is 17.3 Å². The Morgan fingerprint density at radius 2 is 1.67 bits per heavy atom. The van der Waals surface area contributed by atoms with E-state index in [9.17, 15) is 13.2 Å². The molecule has 2 saturated heterocycles. The van der Waals surface area contributed by atoms with Crippen LogP contribution in [0.5, 0.6) is 0 Å². The monoisotopic (exact) mass is 448 g/mol. The summed E-state index contributed by atoms with van der Waals surface area (Å²) < 4.78 is 27.1. The highest BCUT2D eigenvalue weighted by molar-refractivity contribution is 7.89. The zero-order valence-corrected chi connectivity index (χ0v) is 18.3. The highest BCUT2D eigenvalue weighted by Crippen LogP contribution is 2.23. The van der Waals surface area contributed by atoms with Crippen molar-refractivity contribution in [2.45, 2.75) is 30.7 Å². The maximum absolute atomic E-state index is 12.8. The molecule has 30 heavy (non-hydrogen) atoms. The van der Waals surface area contributed by atoms with Gasteiger partial charge in [-0.25, -0.2) is 13.4 Å². The number of aromatic nitrogens is 1. The summed E-state index contributed by atoms with van der Waals surface area (Å²) >= 11 is 5.92. The molecule has 0 spiro atoms. The molecule has 1 aromatic heterocycles. The Labute approximate surface area is 182 Å². The molecule has 3 heterocycles. The quantitative estimate of drug-likeness (QED) is 0.703. The largest absolute Gasteiger partial charge is 0.346 e. The lowest BCUT2D eigenvalue weighted by Gasteiger charge is -2.35. The summed E-state index contributed by atoms with van der Waals surface area (Å²) in [6.07, 6.45) is 4.27. The maximum atomic E-state index is 12.8. The number of sulfonamides is 1. The number of carbonyl (C=O) groups is 1.